The predicted octanol–water partition coefficient (Wildman–Crippen LogP) is 2.49. The van der Waals surface area contributed by atoms with Crippen LogP contribution in [0.4, 0.5) is 5.69 Å². The molecule has 0 saturated carbocycles. The molecule has 1 aromatic carbocycles. The van der Waals surface area contributed by atoms with Gasteiger partial charge in [0.1, 0.15) is 5.75 Å². The van der Waals surface area contributed by atoms with Gasteiger partial charge >= 0.3 is 0 Å². The molecular weight excluding hydrogens is 316 g/mol. The maximum Gasteiger partial charge on any atom is 0.271 e. The highest BCUT2D eigenvalue weighted by atomic mass is 79.9. The highest BCUT2D eigenvalue weighted by Crippen LogP contribution is 2.39. The molecule has 0 radical (unpaired) electrons. The monoisotopic (exact) mass is 330 g/mol. The summed E-state index contributed by atoms with van der Waals surface area (Å²) >= 11 is 3.12. The van der Waals surface area contributed by atoms with Gasteiger partial charge in [0, 0.05) is 37.0 Å². The van der Waals surface area contributed by atoms with Crippen molar-refractivity contribution in [2.24, 2.45) is 11.7 Å². The number of hydrogen-bond acceptors (Lipinski definition) is 5. The first-order valence-electron chi connectivity index (χ1n) is 6.01. The number of hydrogen-bond donors (Lipinski definition) is 2. The van der Waals surface area contributed by atoms with Gasteiger partial charge in [-0.3, -0.25) is 10.1 Å². The first kappa shape index (κ1) is 14.2. The standard InChI is InChI=1S/C12H15BrN2O4/c13-10-6-8(15(17)18)5-9(12(10)16)11(14)7-1-3-19-4-2-7/h5-7,11,16H,1-4,14H2/t11-/m0/s1. The Morgan fingerprint density at radius 3 is 2.68 bits per heavy atom. The lowest BCUT2D eigenvalue weighted by Crippen LogP contribution is -2.27. The van der Waals surface area contributed by atoms with Crippen LogP contribution in [0.25, 0.3) is 0 Å². The second-order valence-corrected chi connectivity index (χ2v) is 5.45. The number of nitro benzene ring substituents is 1. The Labute approximate surface area is 118 Å². The highest BCUT2D eigenvalue weighted by Gasteiger charge is 2.27. The zero-order chi connectivity index (χ0) is 14.0. The zero-order valence-electron chi connectivity index (χ0n) is 10.2. The number of nitro groups is 1. The third-order valence-electron chi connectivity index (χ3n) is 3.42. The number of aromatic hydroxyl groups is 1. The lowest BCUT2D eigenvalue weighted by molar-refractivity contribution is -0.385. The van der Waals surface area contributed by atoms with Gasteiger partial charge in [0.05, 0.1) is 9.40 Å². The van der Waals surface area contributed by atoms with Gasteiger partial charge in [0.25, 0.3) is 5.69 Å². The smallest absolute Gasteiger partial charge is 0.271 e. The third kappa shape index (κ3) is 3.05. The number of benzene rings is 1. The van der Waals surface area contributed by atoms with Gasteiger partial charge in [-0.05, 0) is 34.7 Å². The summed E-state index contributed by atoms with van der Waals surface area (Å²) in [6.45, 7) is 1.27. The highest BCUT2D eigenvalue weighted by molar-refractivity contribution is 9.10. The number of ether oxygens (including phenoxy) is 1. The molecule has 1 aromatic rings. The maximum atomic E-state index is 10.9. The predicted molar refractivity (Wildman–Crippen MR) is 72.9 cm³/mol. The van der Waals surface area contributed by atoms with Crippen LogP contribution in [-0.4, -0.2) is 23.2 Å². The first-order valence-corrected chi connectivity index (χ1v) is 6.80. The topological polar surface area (TPSA) is 98.6 Å². The van der Waals surface area contributed by atoms with E-state index < -0.39 is 11.0 Å². The molecule has 1 aliphatic rings. The maximum absolute atomic E-state index is 10.9. The molecule has 1 heterocycles. The number of phenols is 1. The summed E-state index contributed by atoms with van der Waals surface area (Å²) in [7, 11) is 0. The van der Waals surface area contributed by atoms with Crippen molar-refractivity contribution in [3.8, 4) is 5.75 Å². The molecule has 1 saturated heterocycles. The molecule has 2 rings (SSSR count). The van der Waals surface area contributed by atoms with E-state index in [1.165, 1.54) is 12.1 Å². The third-order valence-corrected chi connectivity index (χ3v) is 4.03. The van der Waals surface area contributed by atoms with Gasteiger partial charge in [-0.1, -0.05) is 0 Å². The molecule has 1 atom stereocenters. The summed E-state index contributed by atoms with van der Waals surface area (Å²) in [4.78, 5) is 10.4. The van der Waals surface area contributed by atoms with E-state index in [0.29, 0.717) is 23.2 Å². The molecule has 1 aliphatic heterocycles. The van der Waals surface area contributed by atoms with Crippen molar-refractivity contribution < 1.29 is 14.8 Å². The summed E-state index contributed by atoms with van der Waals surface area (Å²) in [6, 6.07) is 2.19. The van der Waals surface area contributed by atoms with Gasteiger partial charge < -0.3 is 15.6 Å². The molecule has 0 aromatic heterocycles. The SMILES string of the molecule is N[C@H](c1cc([N+](=O)[O-])cc(Br)c1O)C1CCOCC1. The Hall–Kier alpha value is -1.18. The molecule has 104 valence electrons. The molecule has 0 bridgehead atoms. The fourth-order valence-electron chi connectivity index (χ4n) is 2.29. The Bertz CT molecular complexity index is 489. The molecule has 7 heteroatoms. The number of rotatable bonds is 3. The van der Waals surface area contributed by atoms with E-state index in [0.717, 1.165) is 12.8 Å². The summed E-state index contributed by atoms with van der Waals surface area (Å²) in [5.74, 6) is 0.137. The summed E-state index contributed by atoms with van der Waals surface area (Å²) in [5.41, 5.74) is 6.48. The van der Waals surface area contributed by atoms with Crippen LogP contribution in [0.1, 0.15) is 24.4 Å². The molecule has 3 N–H and O–H groups in total. The van der Waals surface area contributed by atoms with Crippen molar-refractivity contribution >= 4 is 21.6 Å². The van der Waals surface area contributed by atoms with Crippen molar-refractivity contribution in [1.29, 1.82) is 0 Å². The Morgan fingerprint density at radius 1 is 1.47 bits per heavy atom. The molecule has 0 aliphatic carbocycles. The molecule has 0 amide bonds. The van der Waals surface area contributed by atoms with Crippen LogP contribution >= 0.6 is 15.9 Å². The van der Waals surface area contributed by atoms with Gasteiger partial charge in [0.2, 0.25) is 0 Å². The quantitative estimate of drug-likeness (QED) is 0.655. The van der Waals surface area contributed by atoms with Crippen molar-refractivity contribution in [2.45, 2.75) is 18.9 Å². The lowest BCUT2D eigenvalue weighted by atomic mass is 9.87. The van der Waals surface area contributed by atoms with E-state index in [1.807, 2.05) is 0 Å². The minimum Gasteiger partial charge on any atom is -0.506 e. The van der Waals surface area contributed by atoms with Crippen molar-refractivity contribution in [2.75, 3.05) is 13.2 Å². The van der Waals surface area contributed by atoms with Gasteiger partial charge in [-0.25, -0.2) is 0 Å². The van der Waals surface area contributed by atoms with E-state index >= 15 is 0 Å². The molecule has 19 heavy (non-hydrogen) atoms. The Kier molecular flexibility index (Phi) is 4.38. The van der Waals surface area contributed by atoms with Gasteiger partial charge in [-0.2, -0.15) is 0 Å². The number of non-ortho nitro benzene ring substituents is 1. The molecule has 1 fully saturated rings. The number of phenolic OH excluding ortho intramolecular Hbond substituents is 1. The fourth-order valence-corrected chi connectivity index (χ4v) is 2.76. The first-order chi connectivity index (χ1) is 9.00. The minimum atomic E-state index is -0.496. The summed E-state index contributed by atoms with van der Waals surface area (Å²) < 4.78 is 5.56. The van der Waals surface area contributed by atoms with E-state index in [4.69, 9.17) is 10.5 Å². The largest absolute Gasteiger partial charge is 0.506 e. The van der Waals surface area contributed by atoms with E-state index in [1.54, 1.807) is 0 Å². The van der Waals surface area contributed by atoms with E-state index in [2.05, 4.69) is 15.9 Å². The van der Waals surface area contributed by atoms with E-state index in [-0.39, 0.29) is 17.4 Å². The fraction of sp³-hybridized carbons (Fsp3) is 0.500. The van der Waals surface area contributed by atoms with Crippen molar-refractivity contribution in [3.05, 3.63) is 32.3 Å². The molecule has 0 spiro atoms. The Morgan fingerprint density at radius 2 is 2.11 bits per heavy atom. The summed E-state index contributed by atoms with van der Waals surface area (Å²) in [6.07, 6.45) is 1.59. The second-order valence-electron chi connectivity index (χ2n) is 4.60. The van der Waals surface area contributed by atoms with Gasteiger partial charge in [-0.15, -0.1) is 0 Å². The average molecular weight is 331 g/mol. The molecule has 0 unspecified atom stereocenters. The van der Waals surface area contributed by atoms with Crippen molar-refractivity contribution in [1.82, 2.24) is 0 Å². The van der Waals surface area contributed by atoms with Crippen LogP contribution in [0.5, 0.6) is 5.75 Å². The van der Waals surface area contributed by atoms with E-state index in [9.17, 15) is 15.2 Å². The van der Waals surface area contributed by atoms with Crippen molar-refractivity contribution in [3.63, 3.8) is 0 Å². The molecule has 6 nitrogen and oxygen atoms in total. The van der Waals surface area contributed by atoms with Crippen LogP contribution < -0.4 is 5.73 Å². The van der Waals surface area contributed by atoms with Crippen LogP contribution in [0, 0.1) is 16.0 Å². The number of nitrogens with zero attached hydrogens (tertiary/aromatic N) is 1. The molecular formula is C12H15BrN2O4. The number of nitrogens with two attached hydrogens (primary N) is 1. The van der Waals surface area contributed by atoms with Crippen LogP contribution in [0.2, 0.25) is 0 Å². The lowest BCUT2D eigenvalue weighted by Gasteiger charge is -2.28. The summed E-state index contributed by atoms with van der Waals surface area (Å²) in [5, 5.41) is 20.9. The number of halogens is 1. The van der Waals surface area contributed by atoms with Crippen LogP contribution in [0.15, 0.2) is 16.6 Å². The zero-order valence-corrected chi connectivity index (χ0v) is 11.8. The van der Waals surface area contributed by atoms with Crippen LogP contribution in [0.3, 0.4) is 0 Å². The minimum absolute atomic E-state index is 0.0235. The average Bonchev–Trinajstić information content (AvgIpc) is 2.41. The normalized spacial score (nSPS) is 18.2. The van der Waals surface area contributed by atoms with Gasteiger partial charge in [0.15, 0.2) is 0 Å². The Balaban J connectivity index is 2.34. The second kappa shape index (κ2) is 5.85. The van der Waals surface area contributed by atoms with Crippen LogP contribution in [-0.2, 0) is 4.74 Å².